The van der Waals surface area contributed by atoms with E-state index in [4.69, 9.17) is 11.1 Å². The monoisotopic (exact) mass is 250 g/mol. The Morgan fingerprint density at radius 1 is 1.28 bits per heavy atom. The third-order valence-corrected chi connectivity index (χ3v) is 2.24. The van der Waals surface area contributed by atoms with Crippen LogP contribution < -0.4 is 16.3 Å². The van der Waals surface area contributed by atoms with E-state index < -0.39 is 0 Å². The minimum absolute atomic E-state index is 0.157. The van der Waals surface area contributed by atoms with Gasteiger partial charge in [-0.15, -0.1) is 4.73 Å². The van der Waals surface area contributed by atoms with Crippen LogP contribution >= 0.6 is 0 Å². The lowest BCUT2D eigenvalue weighted by Gasteiger charge is -2.19. The van der Waals surface area contributed by atoms with Crippen molar-refractivity contribution in [3.63, 3.8) is 0 Å². The number of nitrogens with zero attached hydrogens (tertiary/aromatic N) is 4. The van der Waals surface area contributed by atoms with Crippen LogP contribution in [0.1, 0.15) is 13.8 Å². The van der Waals surface area contributed by atoms with E-state index in [1.54, 1.807) is 0 Å². The number of hydrogen-bond donors (Lipinski definition) is 3. The van der Waals surface area contributed by atoms with Crippen LogP contribution in [0.5, 0.6) is 0 Å². The molecule has 18 heavy (non-hydrogen) atoms. The second-order valence-electron chi connectivity index (χ2n) is 3.56. The third kappa shape index (κ3) is 3.34. The molecule has 0 atom stereocenters. The maximum Gasteiger partial charge on any atom is 0.262 e. The van der Waals surface area contributed by atoms with Gasteiger partial charge in [0.2, 0.25) is 11.9 Å². The van der Waals surface area contributed by atoms with E-state index in [-0.39, 0.29) is 11.6 Å². The molecule has 1 heterocycles. The first-order valence-corrected chi connectivity index (χ1v) is 5.57. The average molecular weight is 250 g/mol. The largest absolute Gasteiger partial charge is 0.422 e. The van der Waals surface area contributed by atoms with E-state index in [2.05, 4.69) is 9.97 Å². The minimum atomic E-state index is -0.344. The van der Waals surface area contributed by atoms with E-state index in [0.29, 0.717) is 23.8 Å². The Morgan fingerprint density at radius 3 is 2.28 bits per heavy atom. The highest BCUT2D eigenvalue weighted by molar-refractivity contribution is 5.35. The molecule has 0 unspecified atom stereocenters. The molecule has 1 aromatic rings. The van der Waals surface area contributed by atoms with Gasteiger partial charge in [0, 0.05) is 13.1 Å². The van der Waals surface area contributed by atoms with Crippen LogP contribution in [0.25, 0.3) is 0 Å². The summed E-state index contributed by atoms with van der Waals surface area (Å²) in [4.78, 5) is 9.69. The summed E-state index contributed by atoms with van der Waals surface area (Å²) in [6.45, 7) is 5.06. The fourth-order valence-electron chi connectivity index (χ4n) is 1.27. The average Bonchev–Trinajstić information content (AvgIpc) is 2.35. The molecule has 0 bridgehead atoms. The Kier molecular flexibility index (Phi) is 4.91. The number of hydrogen-bond acceptors (Lipinski definition) is 6. The molecule has 0 aliphatic carbocycles. The first kappa shape index (κ1) is 13.8. The van der Waals surface area contributed by atoms with Crippen molar-refractivity contribution in [3.8, 4) is 0 Å². The summed E-state index contributed by atoms with van der Waals surface area (Å²) >= 11 is 0. The van der Waals surface area contributed by atoms with Crippen molar-refractivity contribution in [1.82, 2.24) is 14.7 Å². The molecule has 1 aromatic heterocycles. The van der Waals surface area contributed by atoms with Gasteiger partial charge in [0.25, 0.3) is 5.62 Å². The molecule has 7 heteroatoms. The van der Waals surface area contributed by atoms with Gasteiger partial charge >= 0.3 is 0 Å². The van der Waals surface area contributed by atoms with Gasteiger partial charge in [-0.2, -0.15) is 9.97 Å². The van der Waals surface area contributed by atoms with Gasteiger partial charge in [0.1, 0.15) is 0 Å². The molecule has 0 saturated carbocycles. The Morgan fingerprint density at radius 2 is 1.83 bits per heavy atom. The van der Waals surface area contributed by atoms with Gasteiger partial charge in [-0.25, -0.2) is 0 Å². The molecular formula is C11H18N6O. The van der Waals surface area contributed by atoms with Crippen molar-refractivity contribution in [3.05, 3.63) is 29.9 Å². The van der Waals surface area contributed by atoms with Crippen LogP contribution in [0.4, 0.5) is 11.9 Å². The van der Waals surface area contributed by atoms with Crippen molar-refractivity contribution < 1.29 is 5.21 Å². The lowest BCUT2D eigenvalue weighted by Crippen LogP contribution is -2.32. The van der Waals surface area contributed by atoms with Gasteiger partial charge in [0.15, 0.2) is 0 Å². The second kappa shape index (κ2) is 6.43. The lowest BCUT2D eigenvalue weighted by molar-refractivity contribution is 0.168. The van der Waals surface area contributed by atoms with Crippen LogP contribution in [0, 0.1) is 5.41 Å². The molecule has 0 amide bonds. The number of nitrogens with two attached hydrogens (primary N) is 1. The highest BCUT2D eigenvalue weighted by Crippen LogP contribution is 2.06. The van der Waals surface area contributed by atoms with E-state index in [9.17, 15) is 5.21 Å². The van der Waals surface area contributed by atoms with Gasteiger partial charge in [-0.3, -0.25) is 5.41 Å². The van der Waals surface area contributed by atoms with E-state index in [1.165, 1.54) is 0 Å². The minimum Gasteiger partial charge on any atom is -0.422 e. The van der Waals surface area contributed by atoms with Gasteiger partial charge in [-0.1, -0.05) is 24.3 Å². The summed E-state index contributed by atoms with van der Waals surface area (Å²) in [7, 11) is 0. The molecule has 1 rings (SSSR count). The zero-order valence-electron chi connectivity index (χ0n) is 10.5. The normalized spacial score (nSPS) is 11.4. The third-order valence-electron chi connectivity index (χ3n) is 2.24. The number of aromatic nitrogens is 3. The van der Waals surface area contributed by atoms with Gasteiger partial charge in [-0.05, 0) is 13.8 Å². The van der Waals surface area contributed by atoms with Crippen molar-refractivity contribution in [2.24, 2.45) is 0 Å². The van der Waals surface area contributed by atoms with Crippen LogP contribution in [0.2, 0.25) is 0 Å². The first-order valence-electron chi connectivity index (χ1n) is 5.57. The molecular weight excluding hydrogens is 232 g/mol. The molecule has 0 aliphatic rings. The number of anilines is 2. The zero-order valence-corrected chi connectivity index (χ0v) is 10.5. The van der Waals surface area contributed by atoms with E-state index in [1.807, 2.05) is 43.1 Å². The van der Waals surface area contributed by atoms with Crippen molar-refractivity contribution in [2.45, 2.75) is 13.8 Å². The lowest BCUT2D eigenvalue weighted by atomic mass is 10.4. The number of nitrogen functional groups attached to an aromatic ring is 1. The first-order chi connectivity index (χ1) is 8.60. The summed E-state index contributed by atoms with van der Waals surface area (Å²) < 4.78 is 0.438. The molecule has 4 N–H and O–H groups in total. The summed E-state index contributed by atoms with van der Waals surface area (Å²) in [6, 6.07) is 0. The second-order valence-corrected chi connectivity index (χ2v) is 3.56. The zero-order chi connectivity index (χ0) is 13.5. The SMILES string of the molecule is CC=CCN(CC=CC)c1nc(N)n(O)c(=N)n1. The molecule has 0 aromatic carbocycles. The van der Waals surface area contributed by atoms with Crippen LogP contribution in [-0.2, 0) is 0 Å². The van der Waals surface area contributed by atoms with Crippen LogP contribution in [-0.4, -0.2) is 33.0 Å². The fourth-order valence-corrected chi connectivity index (χ4v) is 1.27. The summed E-state index contributed by atoms with van der Waals surface area (Å²) in [6.07, 6.45) is 7.74. The highest BCUT2D eigenvalue weighted by Gasteiger charge is 2.10. The fraction of sp³-hybridized carbons (Fsp3) is 0.364. The molecule has 7 nitrogen and oxygen atoms in total. The topological polar surface area (TPSA) is 104 Å². The van der Waals surface area contributed by atoms with E-state index >= 15 is 0 Å². The Balaban J connectivity index is 3.07. The molecule has 0 fully saturated rings. The quantitative estimate of drug-likeness (QED) is 0.522. The Bertz CT molecular complexity index is 491. The van der Waals surface area contributed by atoms with Crippen LogP contribution in [0.3, 0.4) is 0 Å². The molecule has 98 valence electrons. The summed E-state index contributed by atoms with van der Waals surface area (Å²) in [5.41, 5.74) is 5.15. The van der Waals surface area contributed by atoms with Crippen molar-refractivity contribution in [1.29, 1.82) is 5.41 Å². The predicted molar refractivity (Wildman–Crippen MR) is 69.3 cm³/mol. The van der Waals surface area contributed by atoms with Gasteiger partial charge < -0.3 is 15.8 Å². The van der Waals surface area contributed by atoms with Gasteiger partial charge in [0.05, 0.1) is 0 Å². The van der Waals surface area contributed by atoms with Crippen molar-refractivity contribution >= 4 is 11.9 Å². The summed E-state index contributed by atoms with van der Waals surface area (Å²) in [5, 5.41) is 16.8. The number of allylic oxidation sites excluding steroid dienone is 2. The maximum absolute atomic E-state index is 9.30. The van der Waals surface area contributed by atoms with E-state index in [0.717, 1.165) is 0 Å². The highest BCUT2D eigenvalue weighted by atomic mass is 16.5. The molecule has 0 aliphatic heterocycles. The predicted octanol–water partition coefficient (Wildman–Crippen LogP) is 0.536. The summed E-state index contributed by atoms with van der Waals surface area (Å²) in [5.74, 6) is 0.162. The number of nitrogens with one attached hydrogen (secondary N) is 1. The maximum atomic E-state index is 9.30. The Hall–Kier alpha value is -2.31. The number of rotatable bonds is 5. The Labute approximate surface area is 105 Å². The standard InChI is InChI=1S/C11H18N6O/c1-3-5-7-16(8-6-4-2)11-14-9(12)17(18)10(13)15-11/h3-6,18H,7-8H2,1-2H3,(H3,12,13,14,15). The van der Waals surface area contributed by atoms with Crippen LogP contribution in [0.15, 0.2) is 24.3 Å². The molecule has 0 spiro atoms. The van der Waals surface area contributed by atoms with Crippen molar-refractivity contribution in [2.75, 3.05) is 23.7 Å². The molecule has 0 radical (unpaired) electrons. The smallest absolute Gasteiger partial charge is 0.262 e. The molecule has 0 saturated heterocycles.